The number of anilines is 1. The number of fused-ring (bicyclic) bond motifs is 2. The highest BCUT2D eigenvalue weighted by molar-refractivity contribution is 6.04. The van der Waals surface area contributed by atoms with Crippen molar-refractivity contribution in [1.82, 2.24) is 14.7 Å². The Hall–Kier alpha value is -2.91. The van der Waals surface area contributed by atoms with E-state index in [1.54, 1.807) is 29.1 Å². The molecule has 4 N–H and O–H groups in total. The molecule has 1 fully saturated rings. The molecule has 1 amide bonds. The molecule has 2 atom stereocenters. The van der Waals surface area contributed by atoms with Crippen molar-refractivity contribution in [2.75, 3.05) is 18.5 Å². The summed E-state index contributed by atoms with van der Waals surface area (Å²) in [5.74, 6) is -0.748. The minimum Gasteiger partial charge on any atom is -0.447 e. The van der Waals surface area contributed by atoms with Crippen LogP contribution in [0, 0.1) is 5.82 Å². The zero-order valence-corrected chi connectivity index (χ0v) is 14.4. The van der Waals surface area contributed by atoms with Gasteiger partial charge in [0.05, 0.1) is 17.9 Å². The number of hydrogen-bond acceptors (Lipinski definition) is 6. The van der Waals surface area contributed by atoms with Crippen LogP contribution in [0.3, 0.4) is 0 Å². The van der Waals surface area contributed by atoms with E-state index in [4.69, 9.17) is 14.9 Å². The lowest BCUT2D eigenvalue weighted by Gasteiger charge is -2.30. The first-order valence-corrected chi connectivity index (χ1v) is 8.78. The Bertz CT molecular complexity index is 1010. The molecule has 9 heteroatoms. The fourth-order valence-electron chi connectivity index (χ4n) is 3.66. The van der Waals surface area contributed by atoms with E-state index >= 15 is 4.39 Å². The molecule has 2 aliphatic rings. The van der Waals surface area contributed by atoms with Crippen molar-refractivity contribution in [1.29, 1.82) is 0 Å². The SMILES string of the molecule is N[C@H]1COCC[C@H]1Nc1nc(-c2cc3occn3c2)c2c(c1F)CNC2=O. The van der Waals surface area contributed by atoms with Crippen LogP contribution in [0.15, 0.2) is 29.1 Å². The van der Waals surface area contributed by atoms with Gasteiger partial charge in [0, 0.05) is 54.8 Å². The van der Waals surface area contributed by atoms with E-state index in [1.165, 1.54) is 0 Å². The van der Waals surface area contributed by atoms with Crippen LogP contribution in [-0.4, -0.2) is 40.6 Å². The Kier molecular flexibility index (Phi) is 3.66. The van der Waals surface area contributed by atoms with Gasteiger partial charge in [-0.3, -0.25) is 9.20 Å². The van der Waals surface area contributed by atoms with E-state index in [-0.39, 0.29) is 35.9 Å². The van der Waals surface area contributed by atoms with Crippen LogP contribution >= 0.6 is 0 Å². The van der Waals surface area contributed by atoms with Gasteiger partial charge in [-0.15, -0.1) is 0 Å². The third-order valence-corrected chi connectivity index (χ3v) is 5.11. The summed E-state index contributed by atoms with van der Waals surface area (Å²) in [5.41, 5.74) is 8.38. The Labute approximate surface area is 153 Å². The number of carbonyl (C=O) groups excluding carboxylic acids is 1. The number of hydrogen-bond donors (Lipinski definition) is 3. The summed E-state index contributed by atoms with van der Waals surface area (Å²) in [5, 5.41) is 5.80. The van der Waals surface area contributed by atoms with Crippen molar-refractivity contribution in [3.63, 3.8) is 0 Å². The van der Waals surface area contributed by atoms with Crippen LogP contribution in [0.2, 0.25) is 0 Å². The van der Waals surface area contributed by atoms with Crippen molar-refractivity contribution in [2.24, 2.45) is 5.73 Å². The Morgan fingerprint density at radius 1 is 1.44 bits per heavy atom. The molecule has 1 saturated heterocycles. The van der Waals surface area contributed by atoms with E-state index in [0.29, 0.717) is 42.2 Å². The molecule has 0 radical (unpaired) electrons. The van der Waals surface area contributed by atoms with E-state index in [0.717, 1.165) is 0 Å². The number of ether oxygens (including phenoxy) is 1. The molecule has 140 valence electrons. The Morgan fingerprint density at radius 3 is 3.15 bits per heavy atom. The molecule has 0 saturated carbocycles. The monoisotopic (exact) mass is 371 g/mol. The maximum absolute atomic E-state index is 15.1. The summed E-state index contributed by atoms with van der Waals surface area (Å²) < 4.78 is 27.5. The van der Waals surface area contributed by atoms with Gasteiger partial charge in [-0.25, -0.2) is 9.37 Å². The van der Waals surface area contributed by atoms with Crippen LogP contribution in [0.25, 0.3) is 17.0 Å². The lowest BCUT2D eigenvalue weighted by molar-refractivity contribution is 0.0751. The maximum Gasteiger partial charge on any atom is 0.254 e. The smallest absolute Gasteiger partial charge is 0.254 e. The number of nitrogens with two attached hydrogens (primary N) is 1. The number of oxazole rings is 1. The van der Waals surface area contributed by atoms with E-state index in [1.807, 2.05) is 0 Å². The standard InChI is InChI=1S/C18H18FN5O3/c19-15-10-6-21-18(25)14(10)16(9-5-13-24(7-9)2-4-27-13)23-17(15)22-12-1-3-26-8-11(12)20/h2,4-5,7,11-12H,1,3,6,8,20H2,(H,21,25)(H,22,23)/t11-,12+/m0/s1. The van der Waals surface area contributed by atoms with Crippen molar-refractivity contribution in [3.8, 4) is 11.3 Å². The summed E-state index contributed by atoms with van der Waals surface area (Å²) in [6.45, 7) is 1.10. The molecule has 3 aromatic heterocycles. The molecule has 0 aliphatic carbocycles. The summed E-state index contributed by atoms with van der Waals surface area (Å²) in [4.78, 5) is 16.8. The van der Waals surface area contributed by atoms with Crippen LogP contribution in [0.4, 0.5) is 10.2 Å². The van der Waals surface area contributed by atoms with Gasteiger partial charge in [0.2, 0.25) is 5.71 Å². The summed E-state index contributed by atoms with van der Waals surface area (Å²) in [6.07, 6.45) is 5.77. The molecule has 3 aromatic rings. The third kappa shape index (κ3) is 2.58. The van der Waals surface area contributed by atoms with Gasteiger partial charge < -0.3 is 25.5 Å². The molecule has 0 unspecified atom stereocenters. The first-order chi connectivity index (χ1) is 13.1. The molecular weight excluding hydrogens is 353 g/mol. The quantitative estimate of drug-likeness (QED) is 0.644. The number of nitrogens with one attached hydrogen (secondary N) is 2. The lowest BCUT2D eigenvalue weighted by Crippen LogP contribution is -2.48. The number of halogens is 1. The van der Waals surface area contributed by atoms with Gasteiger partial charge in [0.25, 0.3) is 5.91 Å². The molecule has 27 heavy (non-hydrogen) atoms. The first-order valence-electron chi connectivity index (χ1n) is 8.78. The predicted octanol–water partition coefficient (Wildman–Crippen LogP) is 1.50. The summed E-state index contributed by atoms with van der Waals surface area (Å²) in [7, 11) is 0. The zero-order chi connectivity index (χ0) is 18.5. The second kappa shape index (κ2) is 6.07. The number of carbonyl (C=O) groups is 1. The number of aromatic nitrogens is 2. The molecule has 0 bridgehead atoms. The van der Waals surface area contributed by atoms with Gasteiger partial charge in [-0.05, 0) is 6.42 Å². The zero-order valence-electron chi connectivity index (χ0n) is 14.4. The molecule has 5 rings (SSSR count). The molecule has 0 spiro atoms. The number of rotatable bonds is 3. The molecule has 0 aromatic carbocycles. The van der Waals surface area contributed by atoms with Crippen LogP contribution in [0.1, 0.15) is 22.3 Å². The van der Waals surface area contributed by atoms with Gasteiger partial charge in [0.15, 0.2) is 11.6 Å². The number of amides is 1. The number of nitrogens with zero attached hydrogens (tertiary/aromatic N) is 2. The third-order valence-electron chi connectivity index (χ3n) is 5.11. The molecular formula is C18H18FN5O3. The van der Waals surface area contributed by atoms with Crippen molar-refractivity contribution >= 4 is 17.4 Å². The Balaban J connectivity index is 1.62. The predicted molar refractivity (Wildman–Crippen MR) is 94.8 cm³/mol. The Morgan fingerprint density at radius 2 is 2.33 bits per heavy atom. The highest BCUT2D eigenvalue weighted by atomic mass is 19.1. The number of pyridine rings is 1. The topological polar surface area (TPSA) is 107 Å². The second-order valence-electron chi connectivity index (χ2n) is 6.81. The van der Waals surface area contributed by atoms with Gasteiger partial charge in [-0.1, -0.05) is 0 Å². The van der Waals surface area contributed by atoms with E-state index < -0.39 is 5.82 Å². The molecule has 2 aliphatic heterocycles. The van der Waals surface area contributed by atoms with Gasteiger partial charge in [-0.2, -0.15) is 0 Å². The minimum atomic E-state index is -0.520. The fraction of sp³-hybridized carbons (Fsp3) is 0.333. The van der Waals surface area contributed by atoms with E-state index in [9.17, 15) is 4.79 Å². The molecule has 8 nitrogen and oxygen atoms in total. The van der Waals surface area contributed by atoms with Crippen molar-refractivity contribution < 1.29 is 18.3 Å². The first kappa shape index (κ1) is 16.3. The largest absolute Gasteiger partial charge is 0.447 e. The van der Waals surface area contributed by atoms with Crippen LogP contribution in [-0.2, 0) is 11.3 Å². The second-order valence-corrected chi connectivity index (χ2v) is 6.81. The fourth-order valence-corrected chi connectivity index (χ4v) is 3.66. The normalized spacial score (nSPS) is 22.1. The highest BCUT2D eigenvalue weighted by Crippen LogP contribution is 2.34. The minimum absolute atomic E-state index is 0.102. The highest BCUT2D eigenvalue weighted by Gasteiger charge is 2.32. The van der Waals surface area contributed by atoms with Crippen LogP contribution < -0.4 is 16.4 Å². The van der Waals surface area contributed by atoms with E-state index in [2.05, 4.69) is 15.6 Å². The lowest BCUT2D eigenvalue weighted by atomic mass is 10.0. The summed E-state index contributed by atoms with van der Waals surface area (Å²) in [6, 6.07) is 1.37. The van der Waals surface area contributed by atoms with Crippen molar-refractivity contribution in [3.05, 3.63) is 41.7 Å². The molecule has 5 heterocycles. The van der Waals surface area contributed by atoms with Crippen molar-refractivity contribution in [2.45, 2.75) is 25.0 Å². The van der Waals surface area contributed by atoms with Crippen LogP contribution in [0.5, 0.6) is 0 Å². The average Bonchev–Trinajstić information content (AvgIpc) is 3.34. The summed E-state index contributed by atoms with van der Waals surface area (Å²) >= 11 is 0. The van der Waals surface area contributed by atoms with Gasteiger partial charge >= 0.3 is 0 Å². The maximum atomic E-state index is 15.1. The average molecular weight is 371 g/mol. The van der Waals surface area contributed by atoms with Gasteiger partial charge in [0.1, 0.15) is 6.26 Å².